The van der Waals surface area contributed by atoms with Crippen molar-refractivity contribution < 1.29 is 0 Å². The van der Waals surface area contributed by atoms with Crippen LogP contribution in [0.2, 0.25) is 0 Å². The van der Waals surface area contributed by atoms with E-state index in [2.05, 4.69) is 64.0 Å². The smallest absolute Gasteiger partial charge is 0.0951 e. The summed E-state index contributed by atoms with van der Waals surface area (Å²) in [5.41, 5.74) is 4.57. The van der Waals surface area contributed by atoms with Crippen LogP contribution in [0.15, 0.2) is 61.1 Å². The highest BCUT2D eigenvalue weighted by Crippen LogP contribution is 2.21. The summed E-state index contributed by atoms with van der Waals surface area (Å²) in [6, 6.07) is 16.9. The van der Waals surface area contributed by atoms with E-state index in [0.717, 1.165) is 17.9 Å². The molecule has 0 spiro atoms. The summed E-state index contributed by atoms with van der Waals surface area (Å²) in [6.45, 7) is 7.24. The van der Waals surface area contributed by atoms with Crippen molar-refractivity contribution in [3.05, 3.63) is 83.7 Å². The Hall–Kier alpha value is -2.46. The zero-order valence-electron chi connectivity index (χ0n) is 14.5. The topological polar surface area (TPSA) is 42.7 Å². The van der Waals surface area contributed by atoms with Gasteiger partial charge in [0.05, 0.1) is 23.8 Å². The molecule has 124 valence electrons. The third-order valence-corrected chi connectivity index (χ3v) is 4.38. The van der Waals surface area contributed by atoms with Gasteiger partial charge in [0.15, 0.2) is 0 Å². The van der Waals surface area contributed by atoms with Crippen LogP contribution in [0.3, 0.4) is 0 Å². The predicted molar refractivity (Wildman–Crippen MR) is 96.8 cm³/mol. The lowest BCUT2D eigenvalue weighted by atomic mass is 10.0. The highest BCUT2D eigenvalue weighted by atomic mass is 15.1. The molecule has 0 saturated carbocycles. The van der Waals surface area contributed by atoms with Gasteiger partial charge in [-0.15, -0.1) is 0 Å². The van der Waals surface area contributed by atoms with Gasteiger partial charge in [-0.05, 0) is 38.5 Å². The first-order valence-electron chi connectivity index (χ1n) is 8.35. The molecule has 0 radical (unpaired) electrons. The summed E-state index contributed by atoms with van der Waals surface area (Å²) in [5.74, 6) is 0. The Morgan fingerprint density at radius 2 is 1.75 bits per heavy atom. The molecule has 0 aliphatic carbocycles. The van der Waals surface area contributed by atoms with E-state index in [0.29, 0.717) is 0 Å². The van der Waals surface area contributed by atoms with Gasteiger partial charge < -0.3 is 9.88 Å². The lowest BCUT2D eigenvalue weighted by Crippen LogP contribution is -2.35. The third-order valence-electron chi connectivity index (χ3n) is 4.38. The molecule has 0 bridgehead atoms. The number of nitrogens with one attached hydrogen (secondary N) is 1. The van der Waals surface area contributed by atoms with Gasteiger partial charge >= 0.3 is 0 Å². The number of nitrogens with zero attached hydrogens (tertiary/aromatic N) is 3. The fraction of sp³-hybridized carbons (Fsp3) is 0.300. The zero-order chi connectivity index (χ0) is 16.9. The molecule has 1 aromatic carbocycles. The van der Waals surface area contributed by atoms with Crippen LogP contribution in [0.1, 0.15) is 35.6 Å². The number of hydrogen-bond donors (Lipinski definition) is 1. The summed E-state index contributed by atoms with van der Waals surface area (Å²) in [5, 5.41) is 3.72. The van der Waals surface area contributed by atoms with Gasteiger partial charge in [0, 0.05) is 24.5 Å². The highest BCUT2D eigenvalue weighted by molar-refractivity contribution is 5.27. The average Bonchev–Trinajstić information content (AvgIpc) is 2.93. The molecule has 3 rings (SSSR count). The van der Waals surface area contributed by atoms with E-state index in [1.807, 2.05) is 37.6 Å². The molecule has 2 heterocycles. The van der Waals surface area contributed by atoms with Gasteiger partial charge in [0.2, 0.25) is 0 Å². The molecule has 3 aromatic rings. The number of rotatable bonds is 6. The van der Waals surface area contributed by atoms with Crippen LogP contribution in [0.25, 0.3) is 0 Å². The second-order valence-electron chi connectivity index (χ2n) is 6.23. The van der Waals surface area contributed by atoms with Crippen molar-refractivity contribution in [2.45, 2.75) is 39.4 Å². The van der Waals surface area contributed by atoms with Gasteiger partial charge in [0.1, 0.15) is 0 Å². The Kier molecular flexibility index (Phi) is 5.06. The van der Waals surface area contributed by atoms with Crippen molar-refractivity contribution in [3.63, 3.8) is 0 Å². The summed E-state index contributed by atoms with van der Waals surface area (Å²) in [7, 11) is 0. The maximum Gasteiger partial charge on any atom is 0.0951 e. The normalized spacial score (nSPS) is 13.6. The molecule has 1 N–H and O–H groups in total. The van der Waals surface area contributed by atoms with Gasteiger partial charge in [-0.3, -0.25) is 4.98 Å². The number of pyridine rings is 1. The first kappa shape index (κ1) is 16.4. The fourth-order valence-electron chi connectivity index (χ4n) is 2.91. The molecule has 0 amide bonds. The van der Waals surface area contributed by atoms with Crippen molar-refractivity contribution >= 4 is 0 Å². The van der Waals surface area contributed by atoms with Crippen molar-refractivity contribution in [1.29, 1.82) is 0 Å². The predicted octanol–water partition coefficient (Wildman–Crippen LogP) is 3.66. The molecule has 0 saturated heterocycles. The van der Waals surface area contributed by atoms with E-state index in [4.69, 9.17) is 0 Å². The van der Waals surface area contributed by atoms with E-state index in [9.17, 15) is 0 Å². The largest absolute Gasteiger partial charge is 0.333 e. The molecule has 24 heavy (non-hydrogen) atoms. The number of aromatic nitrogens is 3. The Morgan fingerprint density at radius 3 is 2.38 bits per heavy atom. The summed E-state index contributed by atoms with van der Waals surface area (Å²) >= 11 is 0. The first-order valence-corrected chi connectivity index (χ1v) is 8.35. The van der Waals surface area contributed by atoms with Crippen molar-refractivity contribution in [2.24, 2.45) is 0 Å². The minimum Gasteiger partial charge on any atom is -0.333 e. The summed E-state index contributed by atoms with van der Waals surface area (Å²) < 4.78 is 2.20. The Labute approximate surface area is 143 Å². The van der Waals surface area contributed by atoms with Crippen LogP contribution in [0, 0.1) is 13.8 Å². The zero-order valence-corrected chi connectivity index (χ0v) is 14.5. The average molecular weight is 320 g/mol. The molecule has 2 aromatic heterocycles. The monoisotopic (exact) mass is 320 g/mol. The molecule has 2 atom stereocenters. The Balaban J connectivity index is 1.80. The SMILES string of the molecule is Cc1ncn(CC(C)NC(c2ccccc2)c2ccccn2)c1C. The van der Waals surface area contributed by atoms with Gasteiger partial charge in [-0.1, -0.05) is 36.4 Å². The number of hydrogen-bond acceptors (Lipinski definition) is 3. The quantitative estimate of drug-likeness (QED) is 0.753. The number of imidazole rings is 1. The van der Waals surface area contributed by atoms with Gasteiger partial charge in [0.25, 0.3) is 0 Å². The minimum atomic E-state index is 0.0762. The van der Waals surface area contributed by atoms with Crippen LogP contribution < -0.4 is 5.32 Å². The number of aryl methyl sites for hydroxylation is 1. The van der Waals surface area contributed by atoms with Crippen LogP contribution in [0.5, 0.6) is 0 Å². The summed E-state index contributed by atoms with van der Waals surface area (Å²) in [6.07, 6.45) is 3.77. The second-order valence-corrected chi connectivity index (χ2v) is 6.23. The molecule has 2 unspecified atom stereocenters. The lowest BCUT2D eigenvalue weighted by Gasteiger charge is -2.24. The van der Waals surface area contributed by atoms with Crippen LogP contribution in [-0.4, -0.2) is 20.6 Å². The van der Waals surface area contributed by atoms with Crippen molar-refractivity contribution in [1.82, 2.24) is 19.9 Å². The molecule has 4 heteroatoms. The lowest BCUT2D eigenvalue weighted by molar-refractivity contribution is 0.436. The molecule has 0 aliphatic heterocycles. The number of benzene rings is 1. The van der Waals surface area contributed by atoms with Crippen LogP contribution in [0.4, 0.5) is 0 Å². The molecule has 0 fully saturated rings. The third kappa shape index (κ3) is 3.71. The molecular weight excluding hydrogens is 296 g/mol. The van der Waals surface area contributed by atoms with Crippen molar-refractivity contribution in [3.8, 4) is 0 Å². The standard InChI is InChI=1S/C20H24N4/c1-15(13-24-14-22-16(2)17(24)3)23-20(18-9-5-4-6-10-18)19-11-7-8-12-21-19/h4-12,14-15,20,23H,13H2,1-3H3. The van der Waals surface area contributed by atoms with Crippen LogP contribution >= 0.6 is 0 Å². The minimum absolute atomic E-state index is 0.0762. The Bertz CT molecular complexity index is 725. The Morgan fingerprint density at radius 1 is 1.00 bits per heavy atom. The van der Waals surface area contributed by atoms with E-state index in [1.165, 1.54) is 11.3 Å². The van der Waals surface area contributed by atoms with E-state index in [-0.39, 0.29) is 12.1 Å². The van der Waals surface area contributed by atoms with Gasteiger partial charge in [-0.2, -0.15) is 0 Å². The molecular formula is C20H24N4. The maximum absolute atomic E-state index is 4.56. The highest BCUT2D eigenvalue weighted by Gasteiger charge is 2.18. The maximum atomic E-state index is 4.56. The first-order chi connectivity index (χ1) is 11.6. The molecule has 4 nitrogen and oxygen atoms in total. The van der Waals surface area contributed by atoms with Gasteiger partial charge in [-0.25, -0.2) is 4.98 Å². The van der Waals surface area contributed by atoms with Crippen molar-refractivity contribution in [2.75, 3.05) is 0 Å². The summed E-state index contributed by atoms with van der Waals surface area (Å²) in [4.78, 5) is 8.94. The van der Waals surface area contributed by atoms with E-state index in [1.54, 1.807) is 0 Å². The second kappa shape index (κ2) is 7.41. The fourth-order valence-corrected chi connectivity index (χ4v) is 2.91. The van der Waals surface area contributed by atoms with Crippen LogP contribution in [-0.2, 0) is 6.54 Å². The van der Waals surface area contributed by atoms with E-state index < -0.39 is 0 Å². The van der Waals surface area contributed by atoms with E-state index >= 15 is 0 Å². The molecule has 0 aliphatic rings.